The molecule has 1 aliphatic carbocycles. The first-order chi connectivity index (χ1) is 7.31. The van der Waals surface area contributed by atoms with E-state index in [9.17, 15) is 0 Å². The molecule has 0 N–H and O–H groups in total. The highest BCUT2D eigenvalue weighted by molar-refractivity contribution is 5.32. The van der Waals surface area contributed by atoms with Crippen LogP contribution in [0.2, 0.25) is 0 Å². The van der Waals surface area contributed by atoms with Crippen molar-refractivity contribution in [1.29, 1.82) is 0 Å². The molecule has 1 heterocycles. The summed E-state index contributed by atoms with van der Waals surface area (Å²) in [4.78, 5) is 0. The van der Waals surface area contributed by atoms with Gasteiger partial charge in [-0.25, -0.2) is 0 Å². The van der Waals surface area contributed by atoms with Crippen LogP contribution in [0.5, 0.6) is 0 Å². The van der Waals surface area contributed by atoms with E-state index in [0.29, 0.717) is 5.92 Å². The molecule has 0 saturated carbocycles. The summed E-state index contributed by atoms with van der Waals surface area (Å²) in [6.45, 7) is 1.94. The fourth-order valence-corrected chi connectivity index (χ4v) is 2.64. The molecule has 0 radical (unpaired) electrons. The van der Waals surface area contributed by atoms with E-state index in [-0.39, 0.29) is 12.6 Å². The maximum absolute atomic E-state index is 5.48. The van der Waals surface area contributed by atoms with Gasteiger partial charge in [0.15, 0.2) is 12.6 Å². The van der Waals surface area contributed by atoms with Gasteiger partial charge >= 0.3 is 0 Å². The molecule has 0 unspecified atom stereocenters. The average Bonchev–Trinajstić information content (AvgIpc) is 2.57. The molecular formula is C13H16O2. The molecular weight excluding hydrogens is 188 g/mol. The van der Waals surface area contributed by atoms with Crippen LogP contribution in [-0.2, 0) is 22.3 Å². The molecule has 0 spiro atoms. The largest absolute Gasteiger partial charge is 0.324 e. The Labute approximate surface area is 90.2 Å². The molecule has 1 aliphatic heterocycles. The van der Waals surface area contributed by atoms with Crippen LogP contribution in [0, 0.1) is 5.92 Å². The second-order valence-electron chi connectivity index (χ2n) is 4.55. The van der Waals surface area contributed by atoms with Gasteiger partial charge in [0, 0.05) is 6.42 Å². The second kappa shape index (κ2) is 3.62. The van der Waals surface area contributed by atoms with Crippen LogP contribution in [0.3, 0.4) is 0 Å². The first-order valence-corrected chi connectivity index (χ1v) is 5.69. The van der Waals surface area contributed by atoms with Gasteiger partial charge < -0.3 is 9.47 Å². The van der Waals surface area contributed by atoms with E-state index in [1.165, 1.54) is 24.0 Å². The van der Waals surface area contributed by atoms with Crippen LogP contribution in [0.25, 0.3) is 0 Å². The molecule has 0 atom stereocenters. The number of hydrogen-bond donors (Lipinski definition) is 0. The summed E-state index contributed by atoms with van der Waals surface area (Å²) >= 11 is 0. The Morgan fingerprint density at radius 1 is 1.13 bits per heavy atom. The quantitative estimate of drug-likeness (QED) is 0.737. The Balaban J connectivity index is 1.59. The van der Waals surface area contributed by atoms with Crippen molar-refractivity contribution in [3.05, 3.63) is 35.4 Å². The maximum atomic E-state index is 5.48. The van der Waals surface area contributed by atoms with Crippen molar-refractivity contribution < 1.29 is 9.47 Å². The maximum Gasteiger partial charge on any atom is 0.164 e. The van der Waals surface area contributed by atoms with Gasteiger partial charge in [0.05, 0.1) is 0 Å². The van der Waals surface area contributed by atoms with E-state index in [0.717, 1.165) is 6.42 Å². The number of benzene rings is 1. The Bertz CT molecular complexity index is 330. The third-order valence-electron chi connectivity index (χ3n) is 3.35. The summed E-state index contributed by atoms with van der Waals surface area (Å²) in [5.74, 6) is 0.708. The fraction of sp³-hybridized carbons (Fsp3) is 0.538. The highest BCUT2D eigenvalue weighted by Gasteiger charge is 2.31. The lowest BCUT2D eigenvalue weighted by molar-refractivity contribution is -0.379. The molecule has 1 aromatic carbocycles. The van der Waals surface area contributed by atoms with E-state index in [1.807, 2.05) is 6.92 Å². The van der Waals surface area contributed by atoms with Crippen molar-refractivity contribution in [1.82, 2.24) is 0 Å². The van der Waals surface area contributed by atoms with Crippen LogP contribution in [0.15, 0.2) is 24.3 Å². The number of fused-ring (bicyclic) bond motifs is 1. The van der Waals surface area contributed by atoms with Crippen LogP contribution >= 0.6 is 0 Å². The van der Waals surface area contributed by atoms with Crippen molar-refractivity contribution in [2.75, 3.05) is 0 Å². The van der Waals surface area contributed by atoms with E-state index in [1.54, 1.807) is 0 Å². The molecule has 0 bridgehead atoms. The van der Waals surface area contributed by atoms with Crippen LogP contribution in [0.1, 0.15) is 24.5 Å². The zero-order chi connectivity index (χ0) is 10.3. The summed E-state index contributed by atoms with van der Waals surface area (Å²) in [7, 11) is 0. The predicted octanol–water partition coefficient (Wildman–Crippen LogP) is 2.51. The molecule has 15 heavy (non-hydrogen) atoms. The molecule has 2 aliphatic rings. The molecule has 3 rings (SSSR count). The fourth-order valence-electron chi connectivity index (χ4n) is 2.64. The lowest BCUT2D eigenvalue weighted by atomic mass is 10.0. The first kappa shape index (κ1) is 9.37. The monoisotopic (exact) mass is 204 g/mol. The highest BCUT2D eigenvalue weighted by Crippen LogP contribution is 2.32. The van der Waals surface area contributed by atoms with Crippen molar-refractivity contribution in [2.45, 2.75) is 38.8 Å². The highest BCUT2D eigenvalue weighted by atomic mass is 16.9. The number of hydrogen-bond acceptors (Lipinski definition) is 2. The normalized spacial score (nSPS) is 29.9. The van der Waals surface area contributed by atoms with Gasteiger partial charge in [0.2, 0.25) is 0 Å². The summed E-state index contributed by atoms with van der Waals surface area (Å²) in [6.07, 6.45) is 3.48. The van der Waals surface area contributed by atoms with Gasteiger partial charge in [-0.05, 0) is 36.8 Å². The molecule has 80 valence electrons. The molecule has 1 aromatic rings. The summed E-state index contributed by atoms with van der Waals surface area (Å²) in [5, 5.41) is 0. The van der Waals surface area contributed by atoms with E-state index >= 15 is 0 Å². The van der Waals surface area contributed by atoms with Crippen molar-refractivity contribution in [3.63, 3.8) is 0 Å². The molecule has 0 amide bonds. The van der Waals surface area contributed by atoms with E-state index < -0.39 is 0 Å². The van der Waals surface area contributed by atoms with E-state index in [4.69, 9.17) is 9.47 Å². The summed E-state index contributed by atoms with van der Waals surface area (Å²) in [6, 6.07) is 8.72. The smallest absolute Gasteiger partial charge is 0.164 e. The van der Waals surface area contributed by atoms with Crippen LogP contribution in [0.4, 0.5) is 0 Å². The SMILES string of the molecule is CC1OC(CC2Cc3ccccc3C2)O1. The molecule has 1 fully saturated rings. The minimum Gasteiger partial charge on any atom is -0.324 e. The standard InChI is InChI=1S/C13H16O2/c1-9-14-13(15-9)8-10-6-11-4-2-3-5-12(11)7-10/h2-5,9-10,13H,6-8H2,1H3. The molecule has 2 nitrogen and oxygen atoms in total. The van der Waals surface area contributed by atoms with E-state index in [2.05, 4.69) is 24.3 Å². The molecule has 1 saturated heterocycles. The molecule has 0 aromatic heterocycles. The van der Waals surface area contributed by atoms with Crippen LogP contribution in [-0.4, -0.2) is 12.6 Å². The lowest BCUT2D eigenvalue weighted by Gasteiger charge is -2.35. The topological polar surface area (TPSA) is 18.5 Å². The number of rotatable bonds is 2. The van der Waals surface area contributed by atoms with Gasteiger partial charge in [0.1, 0.15) is 0 Å². The Morgan fingerprint density at radius 2 is 1.73 bits per heavy atom. The Morgan fingerprint density at radius 3 is 2.27 bits per heavy atom. The van der Waals surface area contributed by atoms with Gasteiger partial charge in [0.25, 0.3) is 0 Å². The van der Waals surface area contributed by atoms with Crippen molar-refractivity contribution in [2.24, 2.45) is 5.92 Å². The summed E-state index contributed by atoms with van der Waals surface area (Å²) in [5.41, 5.74) is 3.02. The first-order valence-electron chi connectivity index (χ1n) is 5.69. The van der Waals surface area contributed by atoms with Crippen LogP contribution < -0.4 is 0 Å². The third kappa shape index (κ3) is 1.80. The zero-order valence-corrected chi connectivity index (χ0v) is 8.98. The minimum absolute atomic E-state index is 0.0128. The lowest BCUT2D eigenvalue weighted by Crippen LogP contribution is -2.40. The molecule has 2 heteroatoms. The zero-order valence-electron chi connectivity index (χ0n) is 8.98. The van der Waals surface area contributed by atoms with Gasteiger partial charge in [-0.3, -0.25) is 0 Å². The van der Waals surface area contributed by atoms with Gasteiger partial charge in [-0.15, -0.1) is 0 Å². The van der Waals surface area contributed by atoms with Crippen molar-refractivity contribution in [3.8, 4) is 0 Å². The van der Waals surface area contributed by atoms with Gasteiger partial charge in [-0.1, -0.05) is 24.3 Å². The Hall–Kier alpha value is -0.860. The predicted molar refractivity (Wildman–Crippen MR) is 57.4 cm³/mol. The third-order valence-corrected chi connectivity index (χ3v) is 3.35. The van der Waals surface area contributed by atoms with Gasteiger partial charge in [-0.2, -0.15) is 0 Å². The van der Waals surface area contributed by atoms with Crippen molar-refractivity contribution >= 4 is 0 Å². The number of ether oxygens (including phenoxy) is 2. The average molecular weight is 204 g/mol. The minimum atomic E-state index is 0.0128. The summed E-state index contributed by atoms with van der Waals surface area (Å²) < 4.78 is 11.0. The second-order valence-corrected chi connectivity index (χ2v) is 4.55. The Kier molecular flexibility index (Phi) is 2.26.